The number of aryl methyl sites for hydroxylation is 1. The monoisotopic (exact) mass is 418 g/mol. The lowest BCUT2D eigenvalue weighted by molar-refractivity contribution is -0.139. The molecule has 0 bridgehead atoms. The van der Waals surface area contributed by atoms with Crippen molar-refractivity contribution in [1.29, 1.82) is 0 Å². The molecule has 0 heterocycles. The summed E-state index contributed by atoms with van der Waals surface area (Å²) in [5.41, 5.74) is 0.151. The number of hydrogen-bond donors (Lipinski definition) is 1. The molecule has 0 unspecified atom stereocenters. The van der Waals surface area contributed by atoms with Crippen molar-refractivity contribution in [3.63, 3.8) is 0 Å². The van der Waals surface area contributed by atoms with Gasteiger partial charge in [-0.3, -0.25) is 4.79 Å². The van der Waals surface area contributed by atoms with Crippen molar-refractivity contribution < 1.29 is 22.4 Å². The van der Waals surface area contributed by atoms with E-state index in [9.17, 15) is 22.4 Å². The minimum atomic E-state index is -4.79. The maximum absolute atomic E-state index is 14.5. The Labute approximate surface area is 172 Å². The fraction of sp³-hybridized carbons (Fsp3) is 0.261. The van der Waals surface area contributed by atoms with Gasteiger partial charge < -0.3 is 10.2 Å². The number of carbonyl (C=O) groups is 1. The van der Waals surface area contributed by atoms with Gasteiger partial charge in [0, 0.05) is 29.7 Å². The number of benzene rings is 3. The fourth-order valence-electron chi connectivity index (χ4n) is 3.55. The summed E-state index contributed by atoms with van der Waals surface area (Å²) in [7, 11) is 0. The van der Waals surface area contributed by atoms with Crippen LogP contribution < -0.4 is 5.32 Å². The number of nitrogens with one attached hydrogen (secondary N) is 1. The number of fused-ring (bicyclic) bond motifs is 1. The van der Waals surface area contributed by atoms with Gasteiger partial charge in [-0.1, -0.05) is 24.3 Å². The van der Waals surface area contributed by atoms with E-state index in [1.165, 1.54) is 6.07 Å². The number of alkyl halides is 3. The van der Waals surface area contributed by atoms with Crippen molar-refractivity contribution in [3.05, 3.63) is 71.0 Å². The third-order valence-electron chi connectivity index (χ3n) is 5.10. The van der Waals surface area contributed by atoms with E-state index in [4.69, 9.17) is 0 Å². The summed E-state index contributed by atoms with van der Waals surface area (Å²) in [6.45, 7) is 6.75. The van der Waals surface area contributed by atoms with Crippen LogP contribution in [0, 0.1) is 12.7 Å². The van der Waals surface area contributed by atoms with Crippen LogP contribution in [0.5, 0.6) is 0 Å². The van der Waals surface area contributed by atoms with Gasteiger partial charge in [-0.05, 0) is 56.0 Å². The lowest BCUT2D eigenvalue weighted by atomic mass is 9.97. The molecule has 1 N–H and O–H groups in total. The molecule has 0 spiro atoms. The van der Waals surface area contributed by atoms with Crippen molar-refractivity contribution >= 4 is 28.1 Å². The zero-order valence-corrected chi connectivity index (χ0v) is 16.9. The summed E-state index contributed by atoms with van der Waals surface area (Å²) in [4.78, 5) is 14.7. The van der Waals surface area contributed by atoms with Crippen LogP contribution in [-0.2, 0) is 6.18 Å². The number of amides is 1. The molecular formula is C23H22F4N2O. The molecular weight excluding hydrogens is 396 g/mol. The van der Waals surface area contributed by atoms with Crippen molar-refractivity contribution in [2.24, 2.45) is 0 Å². The lowest BCUT2D eigenvalue weighted by Crippen LogP contribution is -2.30. The highest BCUT2D eigenvalue weighted by atomic mass is 19.4. The molecule has 7 heteroatoms. The van der Waals surface area contributed by atoms with Gasteiger partial charge in [0.1, 0.15) is 0 Å². The van der Waals surface area contributed by atoms with Crippen LogP contribution in [0.4, 0.5) is 28.9 Å². The van der Waals surface area contributed by atoms with Gasteiger partial charge in [0.2, 0.25) is 0 Å². The Kier molecular flexibility index (Phi) is 6.01. The Hall–Kier alpha value is -3.09. The Bertz CT molecular complexity index is 1090. The molecule has 3 rings (SSSR count). The highest BCUT2D eigenvalue weighted by Gasteiger charge is 2.35. The maximum atomic E-state index is 14.5. The van der Waals surface area contributed by atoms with Crippen LogP contribution in [-0.4, -0.2) is 23.9 Å². The smallest absolute Gasteiger partial charge is 0.353 e. The van der Waals surface area contributed by atoms with Crippen LogP contribution in [0.15, 0.2) is 48.5 Å². The van der Waals surface area contributed by atoms with Gasteiger partial charge in [-0.25, -0.2) is 4.39 Å². The first-order chi connectivity index (χ1) is 14.2. The van der Waals surface area contributed by atoms with Gasteiger partial charge in [-0.2, -0.15) is 13.2 Å². The number of anilines is 2. The highest BCUT2D eigenvalue weighted by molar-refractivity contribution is 6.11. The van der Waals surface area contributed by atoms with E-state index in [1.807, 2.05) is 26.8 Å². The molecule has 0 aliphatic heterocycles. The molecule has 0 aromatic heterocycles. The van der Waals surface area contributed by atoms with E-state index in [2.05, 4.69) is 5.32 Å². The Balaban J connectivity index is 2.14. The average molecular weight is 418 g/mol. The van der Waals surface area contributed by atoms with Gasteiger partial charge in [0.25, 0.3) is 5.91 Å². The normalized spacial score (nSPS) is 11.6. The number of rotatable bonds is 5. The molecule has 0 saturated heterocycles. The number of nitrogens with zero attached hydrogens (tertiary/aromatic N) is 1. The molecule has 0 saturated carbocycles. The molecule has 30 heavy (non-hydrogen) atoms. The standard InChI is InChI=1S/C23H22F4N2O/c1-4-29(5-2)22(30)16-12-13-18(15-9-6-8-14(3)20(15)16)28-19-11-7-10-17(21(19)24)23(25,26)27/h6-13,28H,4-5H2,1-3H3. The second-order valence-corrected chi connectivity index (χ2v) is 6.93. The highest BCUT2D eigenvalue weighted by Crippen LogP contribution is 2.37. The van der Waals surface area contributed by atoms with E-state index >= 15 is 0 Å². The molecule has 0 aliphatic rings. The molecule has 3 nitrogen and oxygen atoms in total. The summed E-state index contributed by atoms with van der Waals surface area (Å²) in [5.74, 6) is -1.50. The quantitative estimate of drug-likeness (QED) is 0.478. The van der Waals surface area contributed by atoms with E-state index in [1.54, 1.807) is 29.2 Å². The third kappa shape index (κ3) is 3.97. The summed E-state index contributed by atoms with van der Waals surface area (Å²) in [6.07, 6.45) is -4.79. The first-order valence-electron chi connectivity index (χ1n) is 9.63. The largest absolute Gasteiger partial charge is 0.419 e. The predicted molar refractivity (Wildman–Crippen MR) is 111 cm³/mol. The minimum Gasteiger partial charge on any atom is -0.353 e. The topological polar surface area (TPSA) is 32.3 Å². The minimum absolute atomic E-state index is 0.129. The van der Waals surface area contributed by atoms with Crippen LogP contribution in [0.1, 0.15) is 35.3 Å². The number of hydrogen-bond acceptors (Lipinski definition) is 2. The van der Waals surface area contributed by atoms with Crippen molar-refractivity contribution in [3.8, 4) is 0 Å². The summed E-state index contributed by atoms with van der Waals surface area (Å²) in [6, 6.07) is 11.7. The molecule has 1 amide bonds. The van der Waals surface area contributed by atoms with Crippen LogP contribution in [0.2, 0.25) is 0 Å². The van der Waals surface area contributed by atoms with Crippen molar-refractivity contribution in [2.75, 3.05) is 18.4 Å². The van der Waals surface area contributed by atoms with E-state index < -0.39 is 17.6 Å². The second kappa shape index (κ2) is 8.34. The Morgan fingerprint density at radius 2 is 1.63 bits per heavy atom. The van der Waals surface area contributed by atoms with E-state index in [-0.39, 0.29) is 11.6 Å². The Morgan fingerprint density at radius 3 is 2.27 bits per heavy atom. The fourth-order valence-corrected chi connectivity index (χ4v) is 3.55. The zero-order chi connectivity index (χ0) is 22.1. The van der Waals surface area contributed by atoms with Gasteiger partial charge in [0.15, 0.2) is 5.82 Å². The Morgan fingerprint density at radius 1 is 0.967 bits per heavy atom. The third-order valence-corrected chi connectivity index (χ3v) is 5.10. The van der Waals surface area contributed by atoms with E-state index in [0.717, 1.165) is 11.6 Å². The van der Waals surface area contributed by atoms with Gasteiger partial charge in [0.05, 0.1) is 11.3 Å². The molecule has 158 valence electrons. The molecule has 0 aliphatic carbocycles. The molecule has 0 atom stereocenters. The zero-order valence-electron chi connectivity index (χ0n) is 16.9. The van der Waals surface area contributed by atoms with Crippen LogP contribution >= 0.6 is 0 Å². The summed E-state index contributed by atoms with van der Waals surface area (Å²) in [5, 5.41) is 4.09. The molecule has 0 radical (unpaired) electrons. The molecule has 3 aromatic rings. The first kappa shape index (κ1) is 21.6. The van der Waals surface area contributed by atoms with Crippen LogP contribution in [0.25, 0.3) is 10.8 Å². The number of halogens is 4. The van der Waals surface area contributed by atoms with Crippen molar-refractivity contribution in [2.45, 2.75) is 26.9 Å². The van der Waals surface area contributed by atoms with Gasteiger partial charge in [-0.15, -0.1) is 0 Å². The second-order valence-electron chi connectivity index (χ2n) is 6.93. The molecule has 3 aromatic carbocycles. The lowest BCUT2D eigenvalue weighted by Gasteiger charge is -2.21. The summed E-state index contributed by atoms with van der Waals surface area (Å²) >= 11 is 0. The van der Waals surface area contributed by atoms with Gasteiger partial charge >= 0.3 is 6.18 Å². The SMILES string of the molecule is CCN(CC)C(=O)c1ccc(Nc2cccc(C(F)(F)F)c2F)c2cccc(C)c12. The maximum Gasteiger partial charge on any atom is 0.419 e. The van der Waals surface area contributed by atoms with Crippen LogP contribution in [0.3, 0.4) is 0 Å². The van der Waals surface area contributed by atoms with Crippen molar-refractivity contribution in [1.82, 2.24) is 4.90 Å². The predicted octanol–water partition coefficient (Wildman–Crippen LogP) is 6.53. The number of carbonyl (C=O) groups excluding carboxylic acids is 1. The summed E-state index contributed by atoms with van der Waals surface area (Å²) < 4.78 is 53.6. The van der Waals surface area contributed by atoms with E-state index in [0.29, 0.717) is 41.2 Å². The first-order valence-corrected chi connectivity index (χ1v) is 9.63. The average Bonchev–Trinajstić information content (AvgIpc) is 2.70. The molecule has 0 fully saturated rings.